The summed E-state index contributed by atoms with van der Waals surface area (Å²) in [7, 11) is 0. The van der Waals surface area contributed by atoms with Crippen molar-refractivity contribution in [3.05, 3.63) is 33.8 Å². The van der Waals surface area contributed by atoms with Gasteiger partial charge in [0.2, 0.25) is 0 Å². The SMILES string of the molecule is CC(=O)OC1=C(C)C2=C3OC(=O)C(C)=C3CC[C@]2(C)[C@H](Cl)[C@@H]1Cl. The highest BCUT2D eigenvalue weighted by Crippen LogP contribution is 2.57. The molecule has 2 aliphatic carbocycles. The van der Waals surface area contributed by atoms with E-state index in [0.717, 1.165) is 29.6 Å². The van der Waals surface area contributed by atoms with Crippen LogP contribution in [0.15, 0.2) is 33.8 Å². The van der Waals surface area contributed by atoms with E-state index in [1.54, 1.807) is 6.92 Å². The monoisotopic (exact) mass is 356 g/mol. The van der Waals surface area contributed by atoms with Gasteiger partial charge >= 0.3 is 11.9 Å². The van der Waals surface area contributed by atoms with E-state index in [1.807, 2.05) is 13.8 Å². The predicted octanol–water partition coefficient (Wildman–Crippen LogP) is 3.98. The summed E-state index contributed by atoms with van der Waals surface area (Å²) >= 11 is 13.1. The standard InChI is InChI=1S/C17H18Cl2O4/c1-7-10-5-6-17(4)11(14(10)23-16(7)21)8(2)13(22-9(3)20)12(18)15(17)19/h12,15H,5-6H2,1-4H3/t12-,15-,17+/m1/s1. The second-order valence-electron chi connectivity index (χ2n) is 6.50. The quantitative estimate of drug-likeness (QED) is 0.526. The van der Waals surface area contributed by atoms with Gasteiger partial charge in [0.1, 0.15) is 16.9 Å². The van der Waals surface area contributed by atoms with Crippen LogP contribution in [0.3, 0.4) is 0 Å². The average molecular weight is 357 g/mol. The number of allylic oxidation sites excluding steroid dienone is 4. The number of esters is 2. The molecule has 0 saturated heterocycles. The Balaban J connectivity index is 2.27. The van der Waals surface area contributed by atoms with E-state index >= 15 is 0 Å². The molecule has 124 valence electrons. The van der Waals surface area contributed by atoms with E-state index in [-0.39, 0.29) is 5.97 Å². The van der Waals surface area contributed by atoms with Crippen LogP contribution in [0, 0.1) is 5.41 Å². The Bertz CT molecular complexity index is 716. The van der Waals surface area contributed by atoms with Crippen molar-refractivity contribution in [1.82, 2.24) is 0 Å². The Morgan fingerprint density at radius 3 is 2.57 bits per heavy atom. The van der Waals surface area contributed by atoms with Gasteiger partial charge in [-0.3, -0.25) is 4.79 Å². The van der Waals surface area contributed by atoms with Crippen molar-refractivity contribution < 1.29 is 19.1 Å². The lowest BCUT2D eigenvalue weighted by Crippen LogP contribution is -2.45. The molecule has 0 amide bonds. The lowest BCUT2D eigenvalue weighted by molar-refractivity contribution is -0.137. The normalized spacial score (nSPS) is 33.6. The second kappa shape index (κ2) is 5.38. The zero-order chi connectivity index (χ0) is 17.1. The van der Waals surface area contributed by atoms with Crippen LogP contribution in [0.2, 0.25) is 0 Å². The van der Waals surface area contributed by atoms with Crippen LogP contribution in [0.5, 0.6) is 0 Å². The van der Waals surface area contributed by atoms with Gasteiger partial charge < -0.3 is 9.47 Å². The number of alkyl halides is 2. The minimum absolute atomic E-state index is 0.326. The molecule has 0 saturated carbocycles. The highest BCUT2D eigenvalue weighted by Gasteiger charge is 2.53. The van der Waals surface area contributed by atoms with Crippen LogP contribution < -0.4 is 0 Å². The van der Waals surface area contributed by atoms with E-state index in [4.69, 9.17) is 32.7 Å². The molecule has 0 bridgehead atoms. The van der Waals surface area contributed by atoms with Gasteiger partial charge in [-0.15, -0.1) is 23.2 Å². The van der Waals surface area contributed by atoms with Crippen LogP contribution >= 0.6 is 23.2 Å². The second-order valence-corrected chi connectivity index (χ2v) is 7.44. The predicted molar refractivity (Wildman–Crippen MR) is 86.9 cm³/mol. The molecule has 6 heteroatoms. The number of carbonyl (C=O) groups excluding carboxylic acids is 2. The zero-order valence-corrected chi connectivity index (χ0v) is 15.0. The van der Waals surface area contributed by atoms with Gasteiger partial charge in [0.25, 0.3) is 0 Å². The minimum Gasteiger partial charge on any atom is -0.429 e. The number of halogens is 2. The highest BCUT2D eigenvalue weighted by molar-refractivity contribution is 6.32. The number of hydrogen-bond donors (Lipinski definition) is 0. The molecule has 0 aromatic heterocycles. The molecule has 0 aromatic rings. The van der Waals surface area contributed by atoms with Gasteiger partial charge in [-0.1, -0.05) is 6.92 Å². The minimum atomic E-state index is -0.612. The van der Waals surface area contributed by atoms with Gasteiger partial charge in [0, 0.05) is 29.1 Å². The van der Waals surface area contributed by atoms with E-state index in [1.165, 1.54) is 6.92 Å². The number of ether oxygens (including phenoxy) is 2. The molecular formula is C17H18Cl2O4. The number of carbonyl (C=O) groups is 2. The fourth-order valence-corrected chi connectivity index (χ4v) is 4.56. The van der Waals surface area contributed by atoms with Crippen LogP contribution in [0.4, 0.5) is 0 Å². The first-order chi connectivity index (χ1) is 10.7. The molecule has 0 unspecified atom stereocenters. The first kappa shape index (κ1) is 16.6. The summed E-state index contributed by atoms with van der Waals surface area (Å²) < 4.78 is 10.8. The zero-order valence-electron chi connectivity index (χ0n) is 13.5. The van der Waals surface area contributed by atoms with Gasteiger partial charge in [-0.2, -0.15) is 0 Å². The van der Waals surface area contributed by atoms with E-state index < -0.39 is 22.1 Å². The molecule has 0 spiro atoms. The summed E-state index contributed by atoms with van der Waals surface area (Å²) in [6.07, 6.45) is 1.48. The Hall–Kier alpha value is -1.26. The molecular weight excluding hydrogens is 339 g/mol. The van der Waals surface area contributed by atoms with Gasteiger partial charge in [-0.25, -0.2) is 4.79 Å². The number of rotatable bonds is 1. The summed E-state index contributed by atoms with van der Waals surface area (Å²) in [6.45, 7) is 6.95. The molecule has 0 radical (unpaired) electrons. The summed E-state index contributed by atoms with van der Waals surface area (Å²) in [5.41, 5.74) is 2.67. The molecule has 3 rings (SSSR count). The molecule has 1 aliphatic heterocycles. The molecule has 1 heterocycles. The smallest absolute Gasteiger partial charge is 0.339 e. The average Bonchev–Trinajstić information content (AvgIpc) is 2.76. The third-order valence-corrected chi connectivity index (χ3v) is 6.35. The van der Waals surface area contributed by atoms with Crippen LogP contribution in [-0.4, -0.2) is 22.7 Å². The lowest BCUT2D eigenvalue weighted by Gasteiger charge is -2.46. The van der Waals surface area contributed by atoms with Crippen LogP contribution in [0.1, 0.15) is 40.5 Å². The number of fused-ring (bicyclic) bond motifs is 2. The topological polar surface area (TPSA) is 52.6 Å². The Labute approximate surface area is 145 Å². The summed E-state index contributed by atoms with van der Waals surface area (Å²) in [5.74, 6) is 0.139. The molecule has 0 fully saturated rings. The van der Waals surface area contributed by atoms with Crippen molar-refractivity contribution in [1.29, 1.82) is 0 Å². The van der Waals surface area contributed by atoms with Crippen molar-refractivity contribution in [3.63, 3.8) is 0 Å². The fourth-order valence-electron chi connectivity index (χ4n) is 3.74. The van der Waals surface area contributed by atoms with Crippen molar-refractivity contribution >= 4 is 35.1 Å². The third-order valence-electron chi connectivity index (χ3n) is 5.03. The highest BCUT2D eigenvalue weighted by atomic mass is 35.5. The number of hydrogen-bond acceptors (Lipinski definition) is 4. The molecule has 0 aromatic carbocycles. The van der Waals surface area contributed by atoms with Crippen LogP contribution in [-0.2, 0) is 19.1 Å². The maximum atomic E-state index is 12.0. The fraction of sp³-hybridized carbons (Fsp3) is 0.529. The van der Waals surface area contributed by atoms with Crippen molar-refractivity contribution in [2.45, 2.75) is 51.3 Å². The van der Waals surface area contributed by atoms with Gasteiger partial charge in [0.05, 0.1) is 5.38 Å². The maximum Gasteiger partial charge on any atom is 0.339 e. The Morgan fingerprint density at radius 2 is 1.96 bits per heavy atom. The molecule has 3 aliphatic rings. The lowest BCUT2D eigenvalue weighted by atomic mass is 9.63. The molecule has 23 heavy (non-hydrogen) atoms. The van der Waals surface area contributed by atoms with Crippen molar-refractivity contribution in [2.75, 3.05) is 0 Å². The van der Waals surface area contributed by atoms with Crippen molar-refractivity contribution in [3.8, 4) is 0 Å². The third kappa shape index (κ3) is 2.26. The first-order valence-electron chi connectivity index (χ1n) is 7.53. The molecule has 0 N–H and O–H groups in total. The van der Waals surface area contributed by atoms with Crippen molar-refractivity contribution in [2.24, 2.45) is 5.41 Å². The summed E-state index contributed by atoms with van der Waals surface area (Å²) in [4.78, 5) is 23.4. The Kier molecular flexibility index (Phi) is 3.88. The van der Waals surface area contributed by atoms with E-state index in [0.29, 0.717) is 17.1 Å². The first-order valence-corrected chi connectivity index (χ1v) is 8.40. The van der Waals surface area contributed by atoms with Crippen LogP contribution in [0.25, 0.3) is 0 Å². The molecule has 4 nitrogen and oxygen atoms in total. The van der Waals surface area contributed by atoms with E-state index in [9.17, 15) is 9.59 Å². The van der Waals surface area contributed by atoms with E-state index in [2.05, 4.69) is 0 Å². The maximum absolute atomic E-state index is 12.0. The summed E-state index contributed by atoms with van der Waals surface area (Å²) in [6, 6.07) is 0. The largest absolute Gasteiger partial charge is 0.429 e. The van der Waals surface area contributed by atoms with Gasteiger partial charge in [0.15, 0.2) is 0 Å². The Morgan fingerprint density at radius 1 is 1.30 bits per heavy atom. The molecule has 3 atom stereocenters. The van der Waals surface area contributed by atoms with Gasteiger partial charge in [-0.05, 0) is 32.3 Å². The summed E-state index contributed by atoms with van der Waals surface area (Å²) in [5, 5.41) is -1.08.